The fraction of sp³-hybridized carbons (Fsp3) is 0.846. The van der Waals surface area contributed by atoms with Crippen molar-refractivity contribution >= 4 is 23.8 Å². The number of carboxylic acids is 1. The first kappa shape index (κ1) is 17.1. The minimum Gasteiger partial charge on any atom is -0.480 e. The van der Waals surface area contributed by atoms with Crippen molar-refractivity contribution in [1.82, 2.24) is 15.1 Å². The van der Waals surface area contributed by atoms with Crippen molar-refractivity contribution in [3.8, 4) is 0 Å². The smallest absolute Gasteiger partial charge is 0.326 e. The number of amides is 2. The SMILES string of the molecule is CSCC[C@@H](NC(=O)N1CCCN(C)CC1C)C(=O)O. The van der Waals surface area contributed by atoms with Crippen LogP contribution in [0.25, 0.3) is 0 Å². The Morgan fingerprint density at radius 2 is 2.15 bits per heavy atom. The van der Waals surface area contributed by atoms with Crippen LogP contribution in [0.5, 0.6) is 0 Å². The van der Waals surface area contributed by atoms with Crippen molar-refractivity contribution in [2.75, 3.05) is 38.7 Å². The zero-order chi connectivity index (χ0) is 15.1. The summed E-state index contributed by atoms with van der Waals surface area (Å²) in [5, 5.41) is 11.8. The van der Waals surface area contributed by atoms with E-state index in [4.69, 9.17) is 5.11 Å². The third kappa shape index (κ3) is 5.20. The second-order valence-corrected chi connectivity index (χ2v) is 6.27. The van der Waals surface area contributed by atoms with E-state index in [-0.39, 0.29) is 12.1 Å². The van der Waals surface area contributed by atoms with Crippen LogP contribution in [-0.2, 0) is 4.79 Å². The predicted octanol–water partition coefficient (Wildman–Crippen LogP) is 0.928. The number of aliphatic carboxylic acids is 1. The van der Waals surface area contributed by atoms with Crippen LogP contribution in [0, 0.1) is 0 Å². The highest BCUT2D eigenvalue weighted by atomic mass is 32.2. The molecule has 0 spiro atoms. The van der Waals surface area contributed by atoms with Gasteiger partial charge >= 0.3 is 12.0 Å². The lowest BCUT2D eigenvalue weighted by atomic mass is 10.2. The van der Waals surface area contributed by atoms with Crippen LogP contribution in [0.15, 0.2) is 0 Å². The molecule has 116 valence electrons. The van der Waals surface area contributed by atoms with Gasteiger partial charge in [0.1, 0.15) is 6.04 Å². The molecule has 1 aliphatic rings. The van der Waals surface area contributed by atoms with E-state index in [0.29, 0.717) is 13.0 Å². The molecular formula is C13H25N3O3S. The van der Waals surface area contributed by atoms with E-state index in [0.717, 1.165) is 25.3 Å². The standard InChI is InChI=1S/C13H25N3O3S/c1-10-9-15(2)6-4-7-16(10)13(19)14-11(12(17)18)5-8-20-3/h10-11H,4-9H2,1-3H3,(H,14,19)(H,17,18)/t10?,11-/m1/s1. The van der Waals surface area contributed by atoms with Gasteiger partial charge in [-0.1, -0.05) is 0 Å². The minimum atomic E-state index is -0.966. The number of hydrogen-bond donors (Lipinski definition) is 2. The first-order valence-electron chi connectivity index (χ1n) is 6.93. The number of likely N-dealkylation sites (N-methyl/N-ethyl adjacent to an activating group) is 1. The highest BCUT2D eigenvalue weighted by Crippen LogP contribution is 2.10. The average molecular weight is 303 g/mol. The number of nitrogens with zero attached hydrogens (tertiary/aromatic N) is 2. The highest BCUT2D eigenvalue weighted by Gasteiger charge is 2.27. The molecule has 7 heteroatoms. The van der Waals surface area contributed by atoms with E-state index in [1.807, 2.05) is 20.2 Å². The molecular weight excluding hydrogens is 278 g/mol. The van der Waals surface area contributed by atoms with Gasteiger partial charge in [-0.2, -0.15) is 11.8 Å². The van der Waals surface area contributed by atoms with E-state index in [1.54, 1.807) is 16.7 Å². The number of carbonyl (C=O) groups excluding carboxylic acids is 1. The first-order valence-corrected chi connectivity index (χ1v) is 8.32. The quantitative estimate of drug-likeness (QED) is 0.790. The van der Waals surface area contributed by atoms with Crippen molar-refractivity contribution in [3.05, 3.63) is 0 Å². The lowest BCUT2D eigenvalue weighted by Gasteiger charge is -2.29. The van der Waals surface area contributed by atoms with Gasteiger partial charge in [0.15, 0.2) is 0 Å². The molecule has 1 rings (SSSR count). The van der Waals surface area contributed by atoms with Crippen LogP contribution >= 0.6 is 11.8 Å². The number of thioether (sulfide) groups is 1. The Balaban J connectivity index is 2.60. The molecule has 1 saturated heterocycles. The number of hydrogen-bond acceptors (Lipinski definition) is 4. The van der Waals surface area contributed by atoms with E-state index >= 15 is 0 Å². The second kappa shape index (κ2) is 8.36. The Labute approximate surface area is 124 Å². The fourth-order valence-electron chi connectivity index (χ4n) is 2.40. The van der Waals surface area contributed by atoms with Gasteiger partial charge in [-0.25, -0.2) is 9.59 Å². The average Bonchev–Trinajstić information content (AvgIpc) is 2.54. The van der Waals surface area contributed by atoms with Crippen molar-refractivity contribution in [2.24, 2.45) is 0 Å². The fourth-order valence-corrected chi connectivity index (χ4v) is 2.87. The lowest BCUT2D eigenvalue weighted by Crippen LogP contribution is -2.52. The topological polar surface area (TPSA) is 72.9 Å². The Hall–Kier alpha value is -0.950. The van der Waals surface area contributed by atoms with Gasteiger partial charge in [-0.05, 0) is 45.4 Å². The van der Waals surface area contributed by atoms with E-state index < -0.39 is 12.0 Å². The molecule has 0 bridgehead atoms. The summed E-state index contributed by atoms with van der Waals surface area (Å²) < 4.78 is 0. The molecule has 6 nitrogen and oxygen atoms in total. The maximum Gasteiger partial charge on any atom is 0.326 e. The summed E-state index contributed by atoms with van der Waals surface area (Å²) in [7, 11) is 2.04. The molecule has 0 aromatic heterocycles. The van der Waals surface area contributed by atoms with Crippen LogP contribution < -0.4 is 5.32 Å². The minimum absolute atomic E-state index is 0.0949. The summed E-state index contributed by atoms with van der Waals surface area (Å²) in [4.78, 5) is 27.4. The highest BCUT2D eigenvalue weighted by molar-refractivity contribution is 7.98. The van der Waals surface area contributed by atoms with Crippen molar-refractivity contribution < 1.29 is 14.7 Å². The number of rotatable bonds is 5. The molecule has 2 atom stereocenters. The van der Waals surface area contributed by atoms with Gasteiger partial charge < -0.3 is 20.2 Å². The van der Waals surface area contributed by atoms with Crippen LogP contribution in [0.4, 0.5) is 4.79 Å². The molecule has 0 aromatic carbocycles. The Kier molecular flexibility index (Phi) is 7.15. The molecule has 0 radical (unpaired) electrons. The van der Waals surface area contributed by atoms with Gasteiger partial charge in [0.05, 0.1) is 0 Å². The van der Waals surface area contributed by atoms with Gasteiger partial charge in [-0.15, -0.1) is 0 Å². The molecule has 2 N–H and O–H groups in total. The van der Waals surface area contributed by atoms with Gasteiger partial charge in [0.25, 0.3) is 0 Å². The largest absolute Gasteiger partial charge is 0.480 e. The zero-order valence-electron chi connectivity index (χ0n) is 12.5. The predicted molar refractivity (Wildman–Crippen MR) is 81.2 cm³/mol. The van der Waals surface area contributed by atoms with Crippen molar-refractivity contribution in [3.63, 3.8) is 0 Å². The molecule has 1 fully saturated rings. The second-order valence-electron chi connectivity index (χ2n) is 5.28. The van der Waals surface area contributed by atoms with Crippen LogP contribution in [0.3, 0.4) is 0 Å². The van der Waals surface area contributed by atoms with Crippen LogP contribution in [0.2, 0.25) is 0 Å². The third-order valence-corrected chi connectivity index (χ3v) is 4.16. The number of nitrogens with one attached hydrogen (secondary N) is 1. The van der Waals surface area contributed by atoms with Gasteiger partial charge in [0, 0.05) is 19.1 Å². The van der Waals surface area contributed by atoms with E-state index in [1.165, 1.54) is 0 Å². The molecule has 2 amide bonds. The summed E-state index contributed by atoms with van der Waals surface area (Å²) in [5.41, 5.74) is 0. The lowest BCUT2D eigenvalue weighted by molar-refractivity contribution is -0.139. The zero-order valence-corrected chi connectivity index (χ0v) is 13.3. The maximum atomic E-state index is 12.3. The number of carbonyl (C=O) groups is 2. The van der Waals surface area contributed by atoms with Gasteiger partial charge in [-0.3, -0.25) is 0 Å². The third-order valence-electron chi connectivity index (χ3n) is 3.51. The molecule has 0 aliphatic carbocycles. The van der Waals surface area contributed by atoms with Crippen LogP contribution in [0.1, 0.15) is 19.8 Å². The molecule has 1 unspecified atom stereocenters. The Morgan fingerprint density at radius 1 is 1.45 bits per heavy atom. The first-order chi connectivity index (χ1) is 9.45. The van der Waals surface area contributed by atoms with Crippen molar-refractivity contribution in [2.45, 2.75) is 31.8 Å². The summed E-state index contributed by atoms with van der Waals surface area (Å²) in [6, 6.07) is -0.970. The van der Waals surface area contributed by atoms with Crippen LogP contribution in [-0.4, -0.2) is 77.7 Å². The van der Waals surface area contributed by atoms with E-state index in [2.05, 4.69) is 10.2 Å². The summed E-state index contributed by atoms with van der Waals surface area (Å²) >= 11 is 1.58. The monoisotopic (exact) mass is 303 g/mol. The molecule has 0 aromatic rings. The normalized spacial score (nSPS) is 22.1. The number of carboxylic acid groups (broad SMARTS) is 1. The summed E-state index contributed by atoms with van der Waals surface area (Å²) in [6.45, 7) is 4.45. The molecule has 0 saturated carbocycles. The Morgan fingerprint density at radius 3 is 2.75 bits per heavy atom. The summed E-state index contributed by atoms with van der Waals surface area (Å²) in [6.07, 6.45) is 3.29. The Bertz CT molecular complexity index is 341. The number of urea groups is 1. The van der Waals surface area contributed by atoms with E-state index in [9.17, 15) is 9.59 Å². The molecule has 1 aliphatic heterocycles. The van der Waals surface area contributed by atoms with Gasteiger partial charge in [0.2, 0.25) is 0 Å². The summed E-state index contributed by atoms with van der Waals surface area (Å²) in [5.74, 6) is -0.248. The molecule has 20 heavy (non-hydrogen) atoms. The molecule has 1 heterocycles. The van der Waals surface area contributed by atoms with Crippen molar-refractivity contribution in [1.29, 1.82) is 0 Å². The maximum absolute atomic E-state index is 12.3.